The lowest BCUT2D eigenvalue weighted by atomic mass is 9.93. The summed E-state index contributed by atoms with van der Waals surface area (Å²) >= 11 is 0. The lowest BCUT2D eigenvalue weighted by Crippen LogP contribution is -2.53. The van der Waals surface area contributed by atoms with E-state index in [1.807, 2.05) is 6.92 Å². The van der Waals surface area contributed by atoms with E-state index < -0.39 is 11.5 Å². The van der Waals surface area contributed by atoms with Crippen molar-refractivity contribution in [2.24, 2.45) is 0 Å². The zero-order valence-corrected chi connectivity index (χ0v) is 11.9. The smallest absolute Gasteiger partial charge is 0.323 e. The molecule has 0 aliphatic heterocycles. The monoisotopic (exact) mass is 244 g/mol. The fourth-order valence-electron chi connectivity index (χ4n) is 2.00. The number of hydrogen-bond acceptors (Lipinski definition) is 3. The van der Waals surface area contributed by atoms with Gasteiger partial charge in [0.25, 0.3) is 0 Å². The first kappa shape index (κ1) is 16.4. The van der Waals surface area contributed by atoms with Crippen molar-refractivity contribution in [1.82, 2.24) is 10.2 Å². The molecule has 0 heterocycles. The van der Waals surface area contributed by atoms with Gasteiger partial charge in [0.05, 0.1) is 0 Å². The molecule has 0 saturated carbocycles. The normalized spacial score (nSPS) is 16.8. The summed E-state index contributed by atoms with van der Waals surface area (Å²) in [4.78, 5) is 13.5. The Balaban J connectivity index is 4.39. The first-order chi connectivity index (χ1) is 7.87. The van der Waals surface area contributed by atoms with Gasteiger partial charge in [-0.3, -0.25) is 4.79 Å². The fraction of sp³-hybridized carbons (Fsp3) is 0.923. The van der Waals surface area contributed by atoms with Gasteiger partial charge in [-0.05, 0) is 46.8 Å². The molecule has 102 valence electrons. The Hall–Kier alpha value is -0.610. The molecule has 0 aliphatic rings. The van der Waals surface area contributed by atoms with Crippen LogP contribution in [-0.2, 0) is 4.79 Å². The average molecular weight is 244 g/mol. The van der Waals surface area contributed by atoms with Crippen LogP contribution < -0.4 is 5.32 Å². The van der Waals surface area contributed by atoms with Gasteiger partial charge >= 0.3 is 5.97 Å². The van der Waals surface area contributed by atoms with Crippen molar-refractivity contribution in [2.45, 2.75) is 58.5 Å². The van der Waals surface area contributed by atoms with E-state index in [0.717, 1.165) is 13.0 Å². The summed E-state index contributed by atoms with van der Waals surface area (Å²) in [5.41, 5.74) is -0.825. The van der Waals surface area contributed by atoms with Gasteiger partial charge < -0.3 is 15.3 Å². The average Bonchev–Trinajstić information content (AvgIpc) is 2.25. The van der Waals surface area contributed by atoms with Crippen LogP contribution in [0.4, 0.5) is 0 Å². The Kier molecular flexibility index (Phi) is 7.39. The summed E-state index contributed by atoms with van der Waals surface area (Å²) in [5.74, 6) is -0.768. The molecule has 0 saturated heterocycles. The summed E-state index contributed by atoms with van der Waals surface area (Å²) < 4.78 is 0. The zero-order chi connectivity index (χ0) is 13.5. The molecule has 0 spiro atoms. The first-order valence-electron chi connectivity index (χ1n) is 6.56. The topological polar surface area (TPSA) is 52.6 Å². The van der Waals surface area contributed by atoms with Crippen LogP contribution in [0.1, 0.15) is 47.0 Å². The van der Waals surface area contributed by atoms with Gasteiger partial charge in [-0.15, -0.1) is 0 Å². The molecule has 0 aromatic heterocycles. The molecule has 2 unspecified atom stereocenters. The molecule has 0 bridgehead atoms. The van der Waals surface area contributed by atoms with Gasteiger partial charge in [-0.2, -0.15) is 0 Å². The Morgan fingerprint density at radius 3 is 2.47 bits per heavy atom. The first-order valence-corrected chi connectivity index (χ1v) is 6.56. The highest BCUT2D eigenvalue weighted by atomic mass is 16.4. The van der Waals surface area contributed by atoms with Gasteiger partial charge in [0.2, 0.25) is 0 Å². The van der Waals surface area contributed by atoms with E-state index in [2.05, 4.69) is 31.1 Å². The number of carboxylic acid groups (broad SMARTS) is 1. The Bertz CT molecular complexity index is 233. The van der Waals surface area contributed by atoms with E-state index in [4.69, 9.17) is 0 Å². The van der Waals surface area contributed by atoms with E-state index in [-0.39, 0.29) is 6.04 Å². The fourth-order valence-corrected chi connectivity index (χ4v) is 2.00. The SMILES string of the molecule is CCCCN(C)C(C)CC(C)(NCC)C(=O)O. The van der Waals surface area contributed by atoms with E-state index in [1.54, 1.807) is 6.92 Å². The minimum atomic E-state index is -0.825. The highest BCUT2D eigenvalue weighted by molar-refractivity contribution is 5.78. The van der Waals surface area contributed by atoms with Crippen LogP contribution in [0, 0.1) is 0 Å². The number of hydrogen-bond donors (Lipinski definition) is 2. The Morgan fingerprint density at radius 2 is 2.06 bits per heavy atom. The number of nitrogens with one attached hydrogen (secondary N) is 1. The van der Waals surface area contributed by atoms with Gasteiger partial charge in [-0.1, -0.05) is 20.3 Å². The highest BCUT2D eigenvalue weighted by Gasteiger charge is 2.34. The summed E-state index contributed by atoms with van der Waals surface area (Å²) in [6.45, 7) is 9.66. The standard InChI is InChI=1S/C13H28N2O2/c1-6-8-9-15(5)11(3)10-13(4,12(16)17)14-7-2/h11,14H,6-10H2,1-5H3,(H,16,17). The predicted molar refractivity (Wildman–Crippen MR) is 71.3 cm³/mol. The number of carboxylic acids is 1. The molecule has 2 atom stereocenters. The molecule has 4 nitrogen and oxygen atoms in total. The minimum Gasteiger partial charge on any atom is -0.480 e. The number of likely N-dealkylation sites (N-methyl/N-ethyl adjacent to an activating group) is 1. The Labute approximate surface area is 105 Å². The molecule has 0 fully saturated rings. The summed E-state index contributed by atoms with van der Waals surface area (Å²) in [7, 11) is 2.06. The van der Waals surface area contributed by atoms with Crippen molar-refractivity contribution < 1.29 is 9.90 Å². The van der Waals surface area contributed by atoms with Crippen LogP contribution in [0.3, 0.4) is 0 Å². The highest BCUT2D eigenvalue weighted by Crippen LogP contribution is 2.16. The van der Waals surface area contributed by atoms with Gasteiger partial charge in [0, 0.05) is 6.04 Å². The third-order valence-electron chi connectivity index (χ3n) is 3.36. The van der Waals surface area contributed by atoms with Crippen molar-refractivity contribution in [3.05, 3.63) is 0 Å². The number of rotatable bonds is 9. The number of unbranched alkanes of at least 4 members (excludes halogenated alkanes) is 1. The molecule has 0 aliphatic carbocycles. The molecule has 0 radical (unpaired) electrons. The van der Waals surface area contributed by atoms with Crippen LogP contribution in [0.25, 0.3) is 0 Å². The summed E-state index contributed by atoms with van der Waals surface area (Å²) in [6, 6.07) is 0.265. The molecular weight excluding hydrogens is 216 g/mol. The van der Waals surface area contributed by atoms with Crippen LogP contribution in [0.5, 0.6) is 0 Å². The molecule has 4 heteroatoms. The van der Waals surface area contributed by atoms with E-state index in [0.29, 0.717) is 13.0 Å². The number of aliphatic carboxylic acids is 1. The van der Waals surface area contributed by atoms with Crippen LogP contribution in [0.2, 0.25) is 0 Å². The quantitative estimate of drug-likeness (QED) is 0.651. The van der Waals surface area contributed by atoms with Gasteiger partial charge in [0.15, 0.2) is 0 Å². The second-order valence-corrected chi connectivity index (χ2v) is 5.05. The summed E-state index contributed by atoms with van der Waals surface area (Å²) in [5, 5.41) is 12.4. The van der Waals surface area contributed by atoms with Gasteiger partial charge in [0.1, 0.15) is 5.54 Å². The molecule has 0 rings (SSSR count). The third kappa shape index (κ3) is 5.50. The van der Waals surface area contributed by atoms with Gasteiger partial charge in [-0.25, -0.2) is 0 Å². The van der Waals surface area contributed by atoms with Crippen molar-refractivity contribution in [2.75, 3.05) is 20.1 Å². The third-order valence-corrected chi connectivity index (χ3v) is 3.36. The molecule has 0 amide bonds. The van der Waals surface area contributed by atoms with Crippen LogP contribution >= 0.6 is 0 Å². The number of nitrogens with zero attached hydrogens (tertiary/aromatic N) is 1. The largest absolute Gasteiger partial charge is 0.480 e. The molecular formula is C13H28N2O2. The van der Waals surface area contributed by atoms with Crippen molar-refractivity contribution in [1.29, 1.82) is 0 Å². The van der Waals surface area contributed by atoms with E-state index in [9.17, 15) is 9.90 Å². The second-order valence-electron chi connectivity index (χ2n) is 5.05. The zero-order valence-electron chi connectivity index (χ0n) is 11.9. The summed E-state index contributed by atoms with van der Waals surface area (Å²) in [6.07, 6.45) is 2.95. The second kappa shape index (κ2) is 7.67. The van der Waals surface area contributed by atoms with Crippen LogP contribution in [-0.4, -0.2) is 47.7 Å². The lowest BCUT2D eigenvalue weighted by molar-refractivity contribution is -0.145. The van der Waals surface area contributed by atoms with Crippen molar-refractivity contribution >= 4 is 5.97 Å². The van der Waals surface area contributed by atoms with E-state index in [1.165, 1.54) is 6.42 Å². The van der Waals surface area contributed by atoms with E-state index >= 15 is 0 Å². The van der Waals surface area contributed by atoms with Crippen molar-refractivity contribution in [3.63, 3.8) is 0 Å². The number of carbonyl (C=O) groups is 1. The lowest BCUT2D eigenvalue weighted by Gasteiger charge is -2.33. The van der Waals surface area contributed by atoms with Crippen LogP contribution in [0.15, 0.2) is 0 Å². The maximum atomic E-state index is 11.3. The minimum absolute atomic E-state index is 0.265. The Morgan fingerprint density at radius 1 is 1.47 bits per heavy atom. The predicted octanol–water partition coefficient (Wildman–Crippen LogP) is 1.95. The molecule has 2 N–H and O–H groups in total. The van der Waals surface area contributed by atoms with Crippen molar-refractivity contribution in [3.8, 4) is 0 Å². The maximum absolute atomic E-state index is 11.3. The molecule has 0 aromatic rings. The molecule has 17 heavy (non-hydrogen) atoms. The maximum Gasteiger partial charge on any atom is 0.323 e. The molecule has 0 aromatic carbocycles.